The largest absolute Gasteiger partial charge is 0.478 e. The van der Waals surface area contributed by atoms with Crippen molar-refractivity contribution in [2.24, 2.45) is 17.8 Å². The predicted molar refractivity (Wildman–Crippen MR) is 215 cm³/mol. The molecule has 0 aliphatic heterocycles. The summed E-state index contributed by atoms with van der Waals surface area (Å²) in [5.41, 5.74) is 4.70. The van der Waals surface area contributed by atoms with Gasteiger partial charge >= 0.3 is 5.97 Å². The van der Waals surface area contributed by atoms with Crippen LogP contribution in [-0.2, 0) is 6.42 Å². The lowest BCUT2D eigenvalue weighted by Gasteiger charge is -2.26. The molecule has 1 aliphatic rings. The highest BCUT2D eigenvalue weighted by Crippen LogP contribution is 2.32. The number of hydrogen-bond donors (Lipinski definition) is 1. The maximum absolute atomic E-state index is 12.5. The number of carbonyl (C=O) groups is 1. The van der Waals surface area contributed by atoms with E-state index in [9.17, 15) is 9.18 Å². The third-order valence-corrected chi connectivity index (χ3v) is 8.83. The normalized spacial score (nSPS) is 13.2. The van der Waals surface area contributed by atoms with Crippen molar-refractivity contribution in [2.75, 3.05) is 0 Å². The number of carboxylic acid groups (broad SMARTS) is 1. The van der Waals surface area contributed by atoms with Gasteiger partial charge in [0, 0.05) is 6.20 Å². The van der Waals surface area contributed by atoms with E-state index in [1.165, 1.54) is 119 Å². The second-order valence-corrected chi connectivity index (χ2v) is 13.7. The Morgan fingerprint density at radius 3 is 1.94 bits per heavy atom. The molecule has 280 valence electrons. The Balaban J connectivity index is 0. The van der Waals surface area contributed by atoms with E-state index in [-0.39, 0.29) is 11.4 Å². The minimum absolute atomic E-state index is 0.144. The van der Waals surface area contributed by atoms with Crippen molar-refractivity contribution in [3.63, 3.8) is 0 Å². The fourth-order valence-electron chi connectivity index (χ4n) is 6.01. The number of benzene rings is 1. The fourth-order valence-corrected chi connectivity index (χ4v) is 6.01. The van der Waals surface area contributed by atoms with E-state index in [2.05, 4.69) is 59.5 Å². The Kier molecular flexibility index (Phi) is 32.0. The van der Waals surface area contributed by atoms with Gasteiger partial charge in [0.15, 0.2) is 0 Å². The first kappa shape index (κ1) is 48.4. The van der Waals surface area contributed by atoms with Crippen molar-refractivity contribution < 1.29 is 14.3 Å². The molecule has 0 radical (unpaired) electrons. The average Bonchev–Trinajstić information content (AvgIpc) is 3.11. The van der Waals surface area contributed by atoms with E-state index < -0.39 is 5.97 Å². The minimum atomic E-state index is -0.924. The first-order valence-corrected chi connectivity index (χ1v) is 19.7. The fraction of sp³-hybridized carbons (Fsp3) is 0.644. The topological polar surface area (TPSA) is 50.2 Å². The number of nitrogens with zero attached hydrogens (tertiary/aromatic N) is 1. The summed E-state index contributed by atoms with van der Waals surface area (Å²) in [5, 5.41) is 8.72. The van der Waals surface area contributed by atoms with Gasteiger partial charge in [0.1, 0.15) is 5.82 Å². The van der Waals surface area contributed by atoms with E-state index in [0.29, 0.717) is 5.69 Å². The summed E-state index contributed by atoms with van der Waals surface area (Å²) < 4.78 is 12.5. The number of aromatic nitrogens is 1. The number of unbranched alkanes of at least 4 members (excludes halogenated alkanes) is 2. The van der Waals surface area contributed by atoms with Gasteiger partial charge in [0.05, 0.1) is 11.3 Å². The Morgan fingerprint density at radius 1 is 0.898 bits per heavy atom. The molecule has 1 fully saturated rings. The van der Waals surface area contributed by atoms with Crippen molar-refractivity contribution in [3.05, 3.63) is 83.0 Å². The standard InChI is InChI=1S/C14H28.C11H15F.C10H11NO2.C8H16.C2H6/c1-3-8-13(9-4-2)12-14-10-6-5-7-11-14;1-2-3-4-5-10-6-8-11(12)9-7-10;1-3-7(2)9-6-8(10(12)13)4-5-11-9;1-5-8(4)6-7(2)3;1-2/h13-14H,3-12H2,1-2H3;6-9H,2-5H2,1H3;3-6H,1-2H3,(H,12,13);5,7H,6H2,1-4H3;1-2H3/b;;;8-5+;. The SMILES string of the molecule is C/C=C(\C)CC(C)C.CC.CC=C(C)c1cc(C(=O)O)ccn1.CCCC(CCC)CC1CCCCC1.CCCCCc1ccc(F)cc1. The number of aromatic carboxylic acids is 1. The summed E-state index contributed by atoms with van der Waals surface area (Å²) in [6, 6.07) is 9.84. The summed E-state index contributed by atoms with van der Waals surface area (Å²) in [4.78, 5) is 14.7. The van der Waals surface area contributed by atoms with Crippen LogP contribution in [0.2, 0.25) is 0 Å². The molecular weight excluding hydrogens is 605 g/mol. The molecule has 0 unspecified atom stereocenters. The van der Waals surface area contributed by atoms with Gasteiger partial charge in [0.2, 0.25) is 0 Å². The Morgan fingerprint density at radius 2 is 1.49 bits per heavy atom. The van der Waals surface area contributed by atoms with Crippen LogP contribution < -0.4 is 0 Å². The van der Waals surface area contributed by atoms with Gasteiger partial charge in [-0.1, -0.05) is 149 Å². The van der Waals surface area contributed by atoms with Crippen LogP contribution in [0.3, 0.4) is 0 Å². The van der Waals surface area contributed by atoms with Crippen LogP contribution in [-0.4, -0.2) is 16.1 Å². The maximum atomic E-state index is 12.5. The maximum Gasteiger partial charge on any atom is 0.335 e. The number of allylic oxidation sites excluding steroid dienone is 4. The van der Waals surface area contributed by atoms with Gasteiger partial charge in [-0.3, -0.25) is 4.98 Å². The van der Waals surface area contributed by atoms with Crippen LogP contribution in [0.4, 0.5) is 4.39 Å². The van der Waals surface area contributed by atoms with Gasteiger partial charge in [-0.15, -0.1) is 0 Å². The van der Waals surface area contributed by atoms with Crippen LogP contribution in [0.1, 0.15) is 188 Å². The van der Waals surface area contributed by atoms with Gasteiger partial charge in [0.25, 0.3) is 0 Å². The zero-order valence-electron chi connectivity index (χ0n) is 33.7. The lowest BCUT2D eigenvalue weighted by Crippen LogP contribution is -2.12. The number of pyridine rings is 1. The molecule has 2 aromatic rings. The van der Waals surface area contributed by atoms with Crippen LogP contribution >= 0.6 is 0 Å². The molecule has 1 heterocycles. The van der Waals surface area contributed by atoms with Crippen molar-refractivity contribution in [3.8, 4) is 0 Å². The highest BCUT2D eigenvalue weighted by atomic mass is 19.1. The molecule has 1 aromatic carbocycles. The smallest absolute Gasteiger partial charge is 0.335 e. The molecule has 0 saturated heterocycles. The zero-order valence-corrected chi connectivity index (χ0v) is 33.7. The molecule has 1 N–H and O–H groups in total. The number of hydrogen-bond acceptors (Lipinski definition) is 2. The van der Waals surface area contributed by atoms with E-state index in [0.717, 1.165) is 29.7 Å². The molecular formula is C45H76FNO2. The van der Waals surface area contributed by atoms with Crippen LogP contribution in [0, 0.1) is 23.6 Å². The third-order valence-electron chi connectivity index (χ3n) is 8.83. The van der Waals surface area contributed by atoms with Crippen molar-refractivity contribution in [2.45, 2.75) is 172 Å². The molecule has 4 heteroatoms. The van der Waals surface area contributed by atoms with Gasteiger partial charge < -0.3 is 5.11 Å². The van der Waals surface area contributed by atoms with Crippen LogP contribution in [0.15, 0.2) is 60.3 Å². The van der Waals surface area contributed by atoms with Gasteiger partial charge in [-0.2, -0.15) is 0 Å². The minimum Gasteiger partial charge on any atom is -0.478 e. The Hall–Kier alpha value is -2.75. The molecule has 3 nitrogen and oxygen atoms in total. The Bertz CT molecular complexity index is 1110. The lowest BCUT2D eigenvalue weighted by molar-refractivity contribution is 0.0696. The highest BCUT2D eigenvalue weighted by molar-refractivity contribution is 5.88. The molecule has 1 aromatic heterocycles. The summed E-state index contributed by atoms with van der Waals surface area (Å²) in [7, 11) is 0. The van der Waals surface area contributed by atoms with E-state index in [1.54, 1.807) is 12.5 Å². The summed E-state index contributed by atoms with van der Waals surface area (Å²) in [6.07, 6.45) is 26.5. The molecule has 49 heavy (non-hydrogen) atoms. The molecule has 1 saturated carbocycles. The molecule has 3 rings (SSSR count). The molecule has 0 bridgehead atoms. The van der Waals surface area contributed by atoms with Gasteiger partial charge in [-0.05, 0) is 107 Å². The lowest BCUT2D eigenvalue weighted by atomic mass is 9.80. The summed E-state index contributed by atoms with van der Waals surface area (Å²) in [6.45, 7) is 23.4. The van der Waals surface area contributed by atoms with Crippen LogP contribution in [0.5, 0.6) is 0 Å². The summed E-state index contributed by atoms with van der Waals surface area (Å²) >= 11 is 0. The second-order valence-electron chi connectivity index (χ2n) is 13.7. The number of rotatable bonds is 14. The van der Waals surface area contributed by atoms with Crippen molar-refractivity contribution in [1.82, 2.24) is 4.98 Å². The second kappa shape index (κ2) is 32.5. The third kappa shape index (κ3) is 26.8. The first-order chi connectivity index (χ1) is 23.5. The molecule has 0 atom stereocenters. The van der Waals surface area contributed by atoms with Gasteiger partial charge in [-0.25, -0.2) is 9.18 Å². The Labute approximate surface area is 303 Å². The zero-order chi connectivity index (χ0) is 37.5. The van der Waals surface area contributed by atoms with Crippen molar-refractivity contribution >= 4 is 11.5 Å². The quantitative estimate of drug-likeness (QED) is 0.159. The van der Waals surface area contributed by atoms with Crippen LogP contribution in [0.25, 0.3) is 5.57 Å². The molecule has 0 spiro atoms. The molecule has 1 aliphatic carbocycles. The van der Waals surface area contributed by atoms with E-state index in [1.807, 2.05) is 45.9 Å². The number of halogens is 1. The highest BCUT2D eigenvalue weighted by Gasteiger charge is 2.17. The monoisotopic (exact) mass is 682 g/mol. The number of carboxylic acids is 1. The van der Waals surface area contributed by atoms with E-state index in [4.69, 9.17) is 5.11 Å². The summed E-state index contributed by atoms with van der Waals surface area (Å²) in [5.74, 6) is 1.88. The predicted octanol–water partition coefficient (Wildman–Crippen LogP) is 15.0. The number of aryl methyl sites for hydroxylation is 1. The molecule has 0 amide bonds. The first-order valence-electron chi connectivity index (χ1n) is 19.7. The van der Waals surface area contributed by atoms with Crippen molar-refractivity contribution in [1.29, 1.82) is 0 Å². The average molecular weight is 682 g/mol. The van der Waals surface area contributed by atoms with E-state index >= 15 is 0 Å².